The van der Waals surface area contributed by atoms with Crippen LogP contribution in [0, 0.1) is 0 Å². The highest BCUT2D eigenvalue weighted by Crippen LogP contribution is 2.08. The zero-order valence-electron chi connectivity index (χ0n) is 11.3. The van der Waals surface area contributed by atoms with Crippen LogP contribution < -0.4 is 0 Å². The number of hydrogen-bond donors (Lipinski definition) is 1. The van der Waals surface area contributed by atoms with E-state index in [0.29, 0.717) is 18.8 Å². The molecule has 0 aliphatic rings. The van der Waals surface area contributed by atoms with Gasteiger partial charge in [-0.1, -0.05) is 29.4 Å². The molecular weight excluding hydrogens is 246 g/mol. The maximum Gasteiger partial charge on any atom is 0.361 e. The zero-order chi connectivity index (χ0) is 14.1. The van der Waals surface area contributed by atoms with Gasteiger partial charge in [-0.05, 0) is 25.8 Å². The lowest BCUT2D eigenvalue weighted by molar-refractivity contribution is -0.135. The lowest BCUT2D eigenvalue weighted by atomic mass is 10.1. The second-order valence-electron chi connectivity index (χ2n) is 3.81. The average Bonchev–Trinajstić information content (AvgIpc) is 2.42. The molecule has 0 saturated carbocycles. The number of rotatable bonds is 7. The van der Waals surface area contributed by atoms with Gasteiger partial charge in [0.1, 0.15) is 0 Å². The summed E-state index contributed by atoms with van der Waals surface area (Å²) >= 11 is 0. The van der Waals surface area contributed by atoms with Crippen molar-refractivity contribution in [2.45, 2.75) is 20.3 Å². The zero-order valence-corrected chi connectivity index (χ0v) is 11.3. The fraction of sp³-hybridized carbons (Fsp3) is 0.429. The van der Waals surface area contributed by atoms with Gasteiger partial charge in [-0.3, -0.25) is 0 Å². The van der Waals surface area contributed by atoms with E-state index in [1.54, 1.807) is 19.1 Å². The van der Waals surface area contributed by atoms with E-state index in [-0.39, 0.29) is 12.3 Å². The fourth-order valence-corrected chi connectivity index (χ4v) is 1.58. The summed E-state index contributed by atoms with van der Waals surface area (Å²) in [7, 11) is 0. The molecule has 1 N–H and O–H groups in total. The van der Waals surface area contributed by atoms with E-state index in [1.165, 1.54) is 0 Å². The minimum absolute atomic E-state index is 0.0850. The van der Waals surface area contributed by atoms with Crippen LogP contribution in [0.15, 0.2) is 29.4 Å². The molecule has 1 aromatic carbocycles. The summed E-state index contributed by atoms with van der Waals surface area (Å²) in [6, 6.07) is 7.21. The molecule has 5 nitrogen and oxygen atoms in total. The van der Waals surface area contributed by atoms with Gasteiger partial charge in [0, 0.05) is 12.2 Å². The molecular formula is C14H19NO4. The number of ether oxygens (including phenoxy) is 2. The summed E-state index contributed by atoms with van der Waals surface area (Å²) in [5, 5.41) is 11.9. The monoisotopic (exact) mass is 265 g/mol. The molecule has 0 amide bonds. The summed E-state index contributed by atoms with van der Waals surface area (Å²) in [4.78, 5) is 11.5. The Hall–Kier alpha value is -1.88. The summed E-state index contributed by atoms with van der Waals surface area (Å²) in [6.45, 7) is 5.25. The number of nitrogens with zero attached hydrogens (tertiary/aromatic N) is 1. The van der Waals surface area contributed by atoms with Crippen molar-refractivity contribution in [3.8, 4) is 0 Å². The van der Waals surface area contributed by atoms with Gasteiger partial charge in [-0.2, -0.15) is 0 Å². The first-order valence-electron chi connectivity index (χ1n) is 6.29. The Bertz CT molecular complexity index is 426. The number of oxime groups is 1. The van der Waals surface area contributed by atoms with Gasteiger partial charge in [0.2, 0.25) is 0 Å². The first-order valence-corrected chi connectivity index (χ1v) is 6.29. The lowest BCUT2D eigenvalue weighted by Crippen LogP contribution is -2.18. The number of hydrogen-bond acceptors (Lipinski definition) is 5. The third kappa shape index (κ3) is 4.71. The van der Waals surface area contributed by atoms with Crippen molar-refractivity contribution in [3.05, 3.63) is 35.4 Å². The molecule has 0 saturated heterocycles. The lowest BCUT2D eigenvalue weighted by Gasteiger charge is -2.06. The number of esters is 1. The van der Waals surface area contributed by atoms with Gasteiger partial charge in [0.15, 0.2) is 5.71 Å². The van der Waals surface area contributed by atoms with Gasteiger partial charge in [-0.25, -0.2) is 4.79 Å². The molecule has 0 aliphatic heterocycles. The number of benzene rings is 1. The van der Waals surface area contributed by atoms with Gasteiger partial charge in [0.05, 0.1) is 13.2 Å². The van der Waals surface area contributed by atoms with Crippen LogP contribution in [0.2, 0.25) is 0 Å². The van der Waals surface area contributed by atoms with Crippen molar-refractivity contribution in [1.82, 2.24) is 0 Å². The molecule has 1 aromatic rings. The van der Waals surface area contributed by atoms with Gasteiger partial charge in [-0.15, -0.1) is 0 Å². The summed E-state index contributed by atoms with van der Waals surface area (Å²) < 4.78 is 10.1. The van der Waals surface area contributed by atoms with E-state index in [9.17, 15) is 4.79 Å². The second kappa shape index (κ2) is 8.26. The van der Waals surface area contributed by atoms with Crippen LogP contribution >= 0.6 is 0 Å². The largest absolute Gasteiger partial charge is 0.461 e. The number of carbonyl (C=O) groups excluding carboxylic acids is 1. The highest BCUT2D eigenvalue weighted by atomic mass is 16.5. The summed E-state index contributed by atoms with van der Waals surface area (Å²) in [5.41, 5.74) is 1.54. The van der Waals surface area contributed by atoms with Crippen molar-refractivity contribution < 1.29 is 19.5 Å². The SMILES string of the molecule is CCOCCc1ccc(C(=NO)C(=O)OCC)cc1. The molecule has 0 aliphatic carbocycles. The molecule has 0 bridgehead atoms. The Morgan fingerprint density at radius 3 is 2.42 bits per heavy atom. The van der Waals surface area contributed by atoms with E-state index < -0.39 is 5.97 Å². The van der Waals surface area contributed by atoms with Gasteiger partial charge < -0.3 is 14.7 Å². The second-order valence-corrected chi connectivity index (χ2v) is 3.81. The third-order valence-corrected chi connectivity index (χ3v) is 2.54. The molecule has 0 unspecified atom stereocenters. The van der Waals surface area contributed by atoms with Crippen molar-refractivity contribution in [1.29, 1.82) is 0 Å². The smallest absolute Gasteiger partial charge is 0.361 e. The van der Waals surface area contributed by atoms with Crippen LogP contribution in [0.25, 0.3) is 0 Å². The Morgan fingerprint density at radius 2 is 1.89 bits per heavy atom. The van der Waals surface area contributed by atoms with Crippen LogP contribution in [-0.2, 0) is 20.7 Å². The average molecular weight is 265 g/mol. The topological polar surface area (TPSA) is 68.1 Å². The quantitative estimate of drug-likeness (QED) is 0.269. The highest BCUT2D eigenvalue weighted by molar-refractivity contribution is 6.43. The predicted molar refractivity (Wildman–Crippen MR) is 71.6 cm³/mol. The molecule has 0 radical (unpaired) electrons. The van der Waals surface area contributed by atoms with E-state index >= 15 is 0 Å². The Kier molecular flexibility index (Phi) is 6.60. The molecule has 0 fully saturated rings. The van der Waals surface area contributed by atoms with Crippen LogP contribution in [0.4, 0.5) is 0 Å². The molecule has 0 atom stereocenters. The fourth-order valence-electron chi connectivity index (χ4n) is 1.58. The molecule has 5 heteroatoms. The van der Waals surface area contributed by atoms with Crippen molar-refractivity contribution >= 4 is 11.7 Å². The van der Waals surface area contributed by atoms with Crippen LogP contribution in [0.3, 0.4) is 0 Å². The van der Waals surface area contributed by atoms with E-state index in [1.807, 2.05) is 19.1 Å². The maximum absolute atomic E-state index is 11.5. The molecule has 0 aromatic heterocycles. The summed E-state index contributed by atoms with van der Waals surface area (Å²) in [6.07, 6.45) is 0.805. The first kappa shape index (κ1) is 15.2. The van der Waals surface area contributed by atoms with Gasteiger partial charge in [0.25, 0.3) is 0 Å². The van der Waals surface area contributed by atoms with E-state index in [4.69, 9.17) is 14.7 Å². The molecule has 0 spiro atoms. The van der Waals surface area contributed by atoms with Crippen LogP contribution in [0.1, 0.15) is 25.0 Å². The van der Waals surface area contributed by atoms with E-state index in [2.05, 4.69) is 5.16 Å². The van der Waals surface area contributed by atoms with E-state index in [0.717, 1.165) is 12.0 Å². The van der Waals surface area contributed by atoms with Gasteiger partial charge >= 0.3 is 5.97 Å². The minimum atomic E-state index is -0.632. The molecule has 104 valence electrons. The molecule has 0 heterocycles. The first-order chi connectivity index (χ1) is 9.22. The number of carbonyl (C=O) groups is 1. The maximum atomic E-state index is 11.5. The Balaban J connectivity index is 2.71. The van der Waals surface area contributed by atoms with Crippen molar-refractivity contribution in [2.24, 2.45) is 5.16 Å². The predicted octanol–water partition coefficient (Wildman–Crippen LogP) is 2.01. The third-order valence-electron chi connectivity index (χ3n) is 2.54. The molecule has 1 rings (SSSR count). The minimum Gasteiger partial charge on any atom is -0.461 e. The standard InChI is InChI=1S/C14H19NO4/c1-3-18-10-9-11-5-7-12(8-6-11)13(15-17)14(16)19-4-2/h5-8,17H,3-4,9-10H2,1-2H3. The Labute approximate surface area is 112 Å². The highest BCUT2D eigenvalue weighted by Gasteiger charge is 2.15. The van der Waals surface area contributed by atoms with Crippen LogP contribution in [-0.4, -0.2) is 36.7 Å². The Morgan fingerprint density at radius 1 is 1.21 bits per heavy atom. The van der Waals surface area contributed by atoms with Crippen molar-refractivity contribution in [2.75, 3.05) is 19.8 Å². The van der Waals surface area contributed by atoms with Crippen LogP contribution in [0.5, 0.6) is 0 Å². The van der Waals surface area contributed by atoms with Crippen molar-refractivity contribution in [3.63, 3.8) is 0 Å². The molecule has 19 heavy (non-hydrogen) atoms. The summed E-state index contributed by atoms with van der Waals surface area (Å²) in [5.74, 6) is -0.632. The normalized spacial score (nSPS) is 11.4.